The number of imidazole rings is 1. The van der Waals surface area contributed by atoms with Crippen LogP contribution in [0.3, 0.4) is 0 Å². The molecule has 20 heavy (non-hydrogen) atoms. The Morgan fingerprint density at radius 3 is 2.60 bits per heavy atom. The highest BCUT2D eigenvalue weighted by Crippen LogP contribution is 2.20. The molecule has 0 aromatic carbocycles. The summed E-state index contributed by atoms with van der Waals surface area (Å²) in [7, 11) is 0. The molecule has 102 valence electrons. The lowest BCUT2D eigenvalue weighted by Gasteiger charge is -2.06. The number of fused-ring (bicyclic) bond motifs is 1. The normalized spacial score (nSPS) is 11.4. The molecule has 0 aliphatic carbocycles. The molecule has 3 aromatic rings. The second kappa shape index (κ2) is 4.96. The van der Waals surface area contributed by atoms with Gasteiger partial charge in [0.25, 0.3) is 0 Å². The van der Waals surface area contributed by atoms with Gasteiger partial charge in [0.15, 0.2) is 5.65 Å². The first-order valence-corrected chi connectivity index (χ1v) is 6.58. The number of aromatic nitrogens is 6. The maximum Gasteiger partial charge on any atom is 0.163 e. The van der Waals surface area contributed by atoms with Crippen LogP contribution < -0.4 is 0 Å². The molecule has 0 saturated heterocycles. The van der Waals surface area contributed by atoms with Gasteiger partial charge >= 0.3 is 0 Å². The molecule has 6 heteroatoms. The van der Waals surface area contributed by atoms with Crippen molar-refractivity contribution in [1.29, 1.82) is 0 Å². The van der Waals surface area contributed by atoms with E-state index in [1.54, 1.807) is 25.0 Å². The summed E-state index contributed by atoms with van der Waals surface area (Å²) >= 11 is 0. The van der Waals surface area contributed by atoms with Crippen molar-refractivity contribution in [2.45, 2.75) is 33.2 Å². The van der Waals surface area contributed by atoms with Crippen LogP contribution in [0.5, 0.6) is 0 Å². The average molecular weight is 268 g/mol. The van der Waals surface area contributed by atoms with Gasteiger partial charge < -0.3 is 4.57 Å². The van der Waals surface area contributed by atoms with Gasteiger partial charge in [-0.15, -0.1) is 0 Å². The van der Waals surface area contributed by atoms with Crippen LogP contribution in [0.25, 0.3) is 11.2 Å². The van der Waals surface area contributed by atoms with Gasteiger partial charge in [-0.2, -0.15) is 0 Å². The molecule has 0 fully saturated rings. The molecule has 3 rings (SSSR count). The van der Waals surface area contributed by atoms with Crippen LogP contribution in [0.2, 0.25) is 0 Å². The first-order chi connectivity index (χ1) is 9.65. The lowest BCUT2D eigenvalue weighted by molar-refractivity contribution is 0.776. The van der Waals surface area contributed by atoms with Gasteiger partial charge in [-0.1, -0.05) is 13.8 Å². The summed E-state index contributed by atoms with van der Waals surface area (Å²) in [5, 5.41) is 0. The Kier molecular flexibility index (Phi) is 3.14. The lowest BCUT2D eigenvalue weighted by Crippen LogP contribution is -2.03. The molecule has 0 unspecified atom stereocenters. The van der Waals surface area contributed by atoms with Crippen LogP contribution in [0.15, 0.2) is 25.0 Å². The largest absolute Gasteiger partial charge is 0.309 e. The van der Waals surface area contributed by atoms with Crippen molar-refractivity contribution in [2.75, 3.05) is 0 Å². The minimum Gasteiger partial charge on any atom is -0.309 e. The Morgan fingerprint density at radius 1 is 1.05 bits per heavy atom. The molecule has 3 heterocycles. The summed E-state index contributed by atoms with van der Waals surface area (Å²) in [6, 6.07) is 0. The molecule has 6 nitrogen and oxygen atoms in total. The standard InChI is InChI=1S/C14H16N6/c1-9(2)12-13-14(18-7-17-12)20(8-19-13)6-11-5-15-10(3)4-16-11/h4-5,7-9H,6H2,1-3H3. The average Bonchev–Trinajstić information content (AvgIpc) is 2.84. The van der Waals surface area contributed by atoms with Gasteiger partial charge in [0.1, 0.15) is 11.8 Å². The second-order valence-corrected chi connectivity index (χ2v) is 5.11. The monoisotopic (exact) mass is 268 g/mol. The molecular weight excluding hydrogens is 252 g/mol. The fourth-order valence-electron chi connectivity index (χ4n) is 2.11. The van der Waals surface area contributed by atoms with E-state index >= 15 is 0 Å². The zero-order valence-corrected chi connectivity index (χ0v) is 11.8. The third kappa shape index (κ3) is 2.24. The number of hydrogen-bond acceptors (Lipinski definition) is 5. The summed E-state index contributed by atoms with van der Waals surface area (Å²) < 4.78 is 1.97. The minimum absolute atomic E-state index is 0.322. The van der Waals surface area contributed by atoms with Crippen LogP contribution >= 0.6 is 0 Å². The number of rotatable bonds is 3. The van der Waals surface area contributed by atoms with Crippen molar-refractivity contribution >= 4 is 11.2 Å². The van der Waals surface area contributed by atoms with E-state index in [9.17, 15) is 0 Å². The van der Waals surface area contributed by atoms with Crippen LogP contribution in [0.4, 0.5) is 0 Å². The fourth-order valence-corrected chi connectivity index (χ4v) is 2.11. The molecule has 0 amide bonds. The highest BCUT2D eigenvalue weighted by Gasteiger charge is 2.12. The molecular formula is C14H16N6. The van der Waals surface area contributed by atoms with Gasteiger partial charge in [0.2, 0.25) is 0 Å². The number of hydrogen-bond donors (Lipinski definition) is 0. The highest BCUT2D eigenvalue weighted by molar-refractivity contribution is 5.73. The quantitative estimate of drug-likeness (QED) is 0.727. The Hall–Kier alpha value is -2.37. The fraction of sp³-hybridized carbons (Fsp3) is 0.357. The summed E-state index contributed by atoms with van der Waals surface area (Å²) in [4.78, 5) is 21.7. The van der Waals surface area contributed by atoms with Gasteiger partial charge in [-0.3, -0.25) is 9.97 Å². The third-order valence-corrected chi connectivity index (χ3v) is 3.14. The van der Waals surface area contributed by atoms with Crippen LogP contribution in [-0.2, 0) is 6.54 Å². The molecule has 0 atom stereocenters. The molecule has 0 saturated carbocycles. The van der Waals surface area contributed by atoms with Crippen molar-refractivity contribution in [3.05, 3.63) is 42.1 Å². The number of aryl methyl sites for hydroxylation is 1. The van der Waals surface area contributed by atoms with E-state index in [1.807, 2.05) is 11.5 Å². The predicted molar refractivity (Wildman–Crippen MR) is 75.3 cm³/mol. The maximum atomic E-state index is 4.44. The highest BCUT2D eigenvalue weighted by atomic mass is 15.1. The molecule has 0 spiro atoms. The minimum atomic E-state index is 0.322. The molecule has 3 aromatic heterocycles. The Balaban J connectivity index is 2.00. The predicted octanol–water partition coefficient (Wildman–Crippen LogP) is 2.10. The summed E-state index contributed by atoms with van der Waals surface area (Å²) in [6.07, 6.45) is 6.93. The molecule has 0 radical (unpaired) electrons. The van der Waals surface area contributed by atoms with E-state index in [1.165, 1.54) is 0 Å². The molecule has 0 aliphatic heterocycles. The van der Waals surface area contributed by atoms with Crippen molar-refractivity contribution in [1.82, 2.24) is 29.5 Å². The lowest BCUT2D eigenvalue weighted by atomic mass is 10.1. The number of nitrogens with zero attached hydrogens (tertiary/aromatic N) is 6. The Bertz CT molecular complexity index is 729. The zero-order chi connectivity index (χ0) is 14.1. The Morgan fingerprint density at radius 2 is 1.90 bits per heavy atom. The SMILES string of the molecule is Cc1cnc(Cn2cnc3c(C(C)C)ncnc32)cn1. The third-order valence-electron chi connectivity index (χ3n) is 3.14. The van der Waals surface area contributed by atoms with Crippen molar-refractivity contribution < 1.29 is 0 Å². The molecule has 0 N–H and O–H groups in total. The molecule has 0 aliphatic rings. The van der Waals surface area contributed by atoms with Crippen LogP contribution in [-0.4, -0.2) is 29.5 Å². The van der Waals surface area contributed by atoms with E-state index in [0.29, 0.717) is 12.5 Å². The van der Waals surface area contributed by atoms with Crippen molar-refractivity contribution in [2.24, 2.45) is 0 Å². The van der Waals surface area contributed by atoms with E-state index in [0.717, 1.165) is 28.2 Å². The van der Waals surface area contributed by atoms with E-state index < -0.39 is 0 Å². The smallest absolute Gasteiger partial charge is 0.163 e. The van der Waals surface area contributed by atoms with E-state index in [2.05, 4.69) is 38.8 Å². The summed E-state index contributed by atoms with van der Waals surface area (Å²) in [6.45, 7) is 6.74. The summed E-state index contributed by atoms with van der Waals surface area (Å²) in [5.41, 5.74) is 4.48. The topological polar surface area (TPSA) is 69.4 Å². The van der Waals surface area contributed by atoms with Crippen molar-refractivity contribution in [3.8, 4) is 0 Å². The van der Waals surface area contributed by atoms with E-state index in [4.69, 9.17) is 0 Å². The van der Waals surface area contributed by atoms with E-state index in [-0.39, 0.29) is 0 Å². The summed E-state index contributed by atoms with van der Waals surface area (Å²) in [5.74, 6) is 0.322. The zero-order valence-electron chi connectivity index (χ0n) is 11.8. The first-order valence-electron chi connectivity index (χ1n) is 6.58. The second-order valence-electron chi connectivity index (χ2n) is 5.11. The van der Waals surface area contributed by atoms with Crippen LogP contribution in [0, 0.1) is 6.92 Å². The van der Waals surface area contributed by atoms with Gasteiger partial charge in [0, 0.05) is 6.20 Å². The first kappa shape index (κ1) is 12.7. The van der Waals surface area contributed by atoms with Gasteiger partial charge in [0.05, 0.1) is 36.2 Å². The molecule has 0 bridgehead atoms. The maximum absolute atomic E-state index is 4.44. The van der Waals surface area contributed by atoms with Crippen LogP contribution in [0.1, 0.15) is 36.8 Å². The Labute approximate surface area is 117 Å². The van der Waals surface area contributed by atoms with Gasteiger partial charge in [-0.25, -0.2) is 15.0 Å². The van der Waals surface area contributed by atoms with Crippen molar-refractivity contribution in [3.63, 3.8) is 0 Å². The van der Waals surface area contributed by atoms with Gasteiger partial charge in [-0.05, 0) is 12.8 Å².